The largest absolute Gasteiger partial charge is 0.490 e. The summed E-state index contributed by atoms with van der Waals surface area (Å²) in [6.45, 7) is 7.49. The van der Waals surface area contributed by atoms with Crippen molar-refractivity contribution >= 4 is 11.8 Å². The molecule has 1 saturated carbocycles. The summed E-state index contributed by atoms with van der Waals surface area (Å²) >= 11 is 0. The number of nitrogens with zero attached hydrogens (tertiary/aromatic N) is 3. The van der Waals surface area contributed by atoms with Crippen LogP contribution in [-0.2, 0) is 11.8 Å². The van der Waals surface area contributed by atoms with Gasteiger partial charge < -0.3 is 15.0 Å². The number of benzene rings is 1. The van der Waals surface area contributed by atoms with Crippen LogP contribution in [0.5, 0.6) is 5.75 Å². The maximum atomic E-state index is 12.7. The van der Waals surface area contributed by atoms with Crippen LogP contribution in [0.25, 0.3) is 0 Å². The van der Waals surface area contributed by atoms with Gasteiger partial charge in [0.25, 0.3) is 5.91 Å². The molecular formula is C24H32N4O3. The van der Waals surface area contributed by atoms with Crippen LogP contribution in [0.1, 0.15) is 66.0 Å². The van der Waals surface area contributed by atoms with Crippen molar-refractivity contribution in [3.63, 3.8) is 0 Å². The molecule has 7 nitrogen and oxygen atoms in total. The number of hydrogen-bond acceptors (Lipinski definition) is 4. The van der Waals surface area contributed by atoms with Gasteiger partial charge in [-0.3, -0.25) is 14.3 Å². The fourth-order valence-corrected chi connectivity index (χ4v) is 4.43. The van der Waals surface area contributed by atoms with Crippen molar-refractivity contribution in [3.05, 3.63) is 46.8 Å². The molecule has 0 radical (unpaired) electrons. The van der Waals surface area contributed by atoms with E-state index in [-0.39, 0.29) is 24.0 Å². The molecule has 166 valence electrons. The second-order valence-corrected chi connectivity index (χ2v) is 8.84. The lowest BCUT2D eigenvalue weighted by atomic mass is 10.1. The van der Waals surface area contributed by atoms with Crippen molar-refractivity contribution in [2.75, 3.05) is 13.1 Å². The number of amides is 2. The van der Waals surface area contributed by atoms with Crippen molar-refractivity contribution in [2.45, 2.75) is 58.6 Å². The smallest absolute Gasteiger partial charge is 0.251 e. The Balaban J connectivity index is 1.29. The van der Waals surface area contributed by atoms with E-state index in [1.165, 1.54) is 0 Å². The first-order chi connectivity index (χ1) is 14.8. The molecule has 1 N–H and O–H groups in total. The number of nitrogens with one attached hydrogen (secondary N) is 1. The first-order valence-corrected chi connectivity index (χ1v) is 11.2. The van der Waals surface area contributed by atoms with Gasteiger partial charge in [0.2, 0.25) is 5.91 Å². The molecule has 1 aliphatic carbocycles. The molecule has 4 rings (SSSR count). The Morgan fingerprint density at radius 3 is 2.29 bits per heavy atom. The van der Waals surface area contributed by atoms with Crippen molar-refractivity contribution in [1.29, 1.82) is 0 Å². The van der Waals surface area contributed by atoms with E-state index in [2.05, 4.69) is 10.4 Å². The summed E-state index contributed by atoms with van der Waals surface area (Å²) in [6.07, 6.45) is 3.91. The Kier molecular flexibility index (Phi) is 6.03. The van der Waals surface area contributed by atoms with Gasteiger partial charge in [-0.1, -0.05) is 0 Å². The van der Waals surface area contributed by atoms with E-state index < -0.39 is 0 Å². The number of carbonyl (C=O) groups is 2. The molecule has 0 bridgehead atoms. The van der Waals surface area contributed by atoms with E-state index in [1.807, 2.05) is 49.5 Å². The van der Waals surface area contributed by atoms with Gasteiger partial charge in [0.1, 0.15) is 11.9 Å². The number of hydrogen-bond donors (Lipinski definition) is 1. The molecule has 1 saturated heterocycles. The summed E-state index contributed by atoms with van der Waals surface area (Å²) in [5, 5.41) is 7.50. The lowest BCUT2D eigenvalue weighted by Gasteiger charge is -2.32. The second-order valence-electron chi connectivity index (χ2n) is 8.84. The summed E-state index contributed by atoms with van der Waals surface area (Å²) in [5.41, 5.74) is 3.64. The van der Waals surface area contributed by atoms with Crippen LogP contribution < -0.4 is 10.1 Å². The van der Waals surface area contributed by atoms with Crippen LogP contribution >= 0.6 is 0 Å². The maximum Gasteiger partial charge on any atom is 0.251 e. The van der Waals surface area contributed by atoms with Gasteiger partial charge in [-0.2, -0.15) is 5.10 Å². The van der Waals surface area contributed by atoms with Gasteiger partial charge in [0, 0.05) is 55.7 Å². The molecule has 1 atom stereocenters. The Bertz CT molecular complexity index is 954. The molecule has 1 aliphatic heterocycles. The third-order valence-electron chi connectivity index (χ3n) is 6.45. The summed E-state index contributed by atoms with van der Waals surface area (Å²) in [5.74, 6) is 1.24. The Hall–Kier alpha value is -2.83. The molecule has 2 amide bonds. The first kappa shape index (κ1) is 21.4. The minimum absolute atomic E-state index is 0.111. The minimum atomic E-state index is -0.124. The molecule has 2 aliphatic rings. The number of aryl methyl sites for hydroxylation is 2. The molecule has 2 aromatic rings. The van der Waals surface area contributed by atoms with Crippen molar-refractivity contribution < 1.29 is 14.3 Å². The Morgan fingerprint density at radius 1 is 1.10 bits per heavy atom. The standard InChI is InChI=1S/C24H32N4O3/c1-15(22-16(2)26-27(4)17(22)3)25-23(29)18-7-9-20(10-8-18)31-21-11-13-28(14-12-21)24(30)19-5-6-19/h7-10,15,19,21H,5-6,11-14H2,1-4H3,(H,25,29)/t15-/m1/s1. The van der Waals surface area contributed by atoms with Crippen molar-refractivity contribution in [3.8, 4) is 5.75 Å². The molecule has 0 unspecified atom stereocenters. The van der Waals surface area contributed by atoms with Crippen molar-refractivity contribution in [1.82, 2.24) is 20.0 Å². The predicted molar refractivity (Wildman–Crippen MR) is 118 cm³/mol. The minimum Gasteiger partial charge on any atom is -0.490 e. The van der Waals surface area contributed by atoms with Gasteiger partial charge in [-0.25, -0.2) is 0 Å². The number of piperidine rings is 1. The van der Waals surface area contributed by atoms with Crippen LogP contribution in [-0.4, -0.2) is 45.7 Å². The van der Waals surface area contributed by atoms with Crippen LogP contribution in [0.4, 0.5) is 0 Å². The van der Waals surface area contributed by atoms with Crippen LogP contribution in [0.3, 0.4) is 0 Å². The Labute approximate surface area is 183 Å². The van der Waals surface area contributed by atoms with Gasteiger partial charge in [0.15, 0.2) is 0 Å². The zero-order valence-electron chi connectivity index (χ0n) is 18.9. The zero-order chi connectivity index (χ0) is 22.1. The van der Waals surface area contributed by atoms with E-state index in [9.17, 15) is 9.59 Å². The number of aromatic nitrogens is 2. The fourth-order valence-electron chi connectivity index (χ4n) is 4.43. The fraction of sp³-hybridized carbons (Fsp3) is 0.542. The molecule has 2 fully saturated rings. The van der Waals surface area contributed by atoms with Crippen LogP contribution in [0, 0.1) is 19.8 Å². The average Bonchev–Trinajstić information content (AvgIpc) is 3.56. The predicted octanol–water partition coefficient (Wildman–Crippen LogP) is 3.31. The van der Waals surface area contributed by atoms with E-state index in [4.69, 9.17) is 4.74 Å². The topological polar surface area (TPSA) is 76.5 Å². The highest BCUT2D eigenvalue weighted by Crippen LogP contribution is 2.32. The quantitative estimate of drug-likeness (QED) is 0.772. The first-order valence-electron chi connectivity index (χ1n) is 11.2. The average molecular weight is 425 g/mol. The zero-order valence-corrected chi connectivity index (χ0v) is 18.9. The van der Waals surface area contributed by atoms with E-state index >= 15 is 0 Å². The summed E-state index contributed by atoms with van der Waals surface area (Å²) in [6, 6.07) is 7.17. The summed E-state index contributed by atoms with van der Waals surface area (Å²) in [4.78, 5) is 26.9. The number of rotatable bonds is 6. The summed E-state index contributed by atoms with van der Waals surface area (Å²) in [7, 11) is 1.91. The SMILES string of the molecule is Cc1nn(C)c(C)c1[C@@H](C)NC(=O)c1ccc(OC2CCN(C(=O)C3CC3)CC2)cc1. The highest BCUT2D eigenvalue weighted by molar-refractivity contribution is 5.94. The molecule has 1 aromatic heterocycles. The van der Waals surface area contributed by atoms with Crippen molar-refractivity contribution in [2.24, 2.45) is 13.0 Å². The summed E-state index contributed by atoms with van der Waals surface area (Å²) < 4.78 is 7.94. The Morgan fingerprint density at radius 2 is 1.74 bits per heavy atom. The van der Waals surface area contributed by atoms with Gasteiger partial charge in [-0.15, -0.1) is 0 Å². The molecule has 7 heteroatoms. The van der Waals surface area contributed by atoms with Gasteiger partial charge in [-0.05, 0) is 57.9 Å². The third-order valence-corrected chi connectivity index (χ3v) is 6.45. The second kappa shape index (κ2) is 8.73. The molecule has 1 aromatic carbocycles. The van der Waals surface area contributed by atoms with Crippen LogP contribution in [0.15, 0.2) is 24.3 Å². The molecular weight excluding hydrogens is 392 g/mol. The molecule has 0 spiro atoms. The van der Waals surface area contributed by atoms with Gasteiger partial charge in [0.05, 0.1) is 11.7 Å². The lowest BCUT2D eigenvalue weighted by Crippen LogP contribution is -2.42. The molecule has 2 heterocycles. The highest BCUT2D eigenvalue weighted by Gasteiger charge is 2.35. The number of carbonyl (C=O) groups excluding carboxylic acids is 2. The van der Waals surface area contributed by atoms with E-state index in [0.717, 1.165) is 61.5 Å². The molecule has 31 heavy (non-hydrogen) atoms. The van der Waals surface area contributed by atoms with E-state index in [1.54, 1.807) is 12.1 Å². The monoisotopic (exact) mass is 424 g/mol. The highest BCUT2D eigenvalue weighted by atomic mass is 16.5. The normalized spacial score (nSPS) is 18.0. The number of likely N-dealkylation sites (tertiary alicyclic amines) is 1. The lowest BCUT2D eigenvalue weighted by molar-refractivity contribution is -0.134. The van der Waals surface area contributed by atoms with Gasteiger partial charge >= 0.3 is 0 Å². The number of ether oxygens (including phenoxy) is 1. The van der Waals surface area contributed by atoms with E-state index in [0.29, 0.717) is 11.5 Å². The van der Waals surface area contributed by atoms with Crippen LogP contribution in [0.2, 0.25) is 0 Å². The maximum absolute atomic E-state index is 12.7. The third kappa shape index (κ3) is 4.75.